The smallest absolute Gasteiger partial charge is 0.123 e. The Bertz CT molecular complexity index is 508. The molecule has 1 aromatic rings. The van der Waals surface area contributed by atoms with E-state index in [0.29, 0.717) is 6.04 Å². The minimum atomic E-state index is -0.135. The summed E-state index contributed by atoms with van der Waals surface area (Å²) in [5, 5.41) is 0. The molecule has 0 aromatic heterocycles. The van der Waals surface area contributed by atoms with Crippen molar-refractivity contribution in [1.29, 1.82) is 0 Å². The summed E-state index contributed by atoms with van der Waals surface area (Å²) in [5.74, 6) is 0.656. The molecule has 0 amide bonds. The Balaban J connectivity index is 1.49. The van der Waals surface area contributed by atoms with Crippen LogP contribution in [0.5, 0.6) is 0 Å². The molecule has 2 saturated heterocycles. The van der Waals surface area contributed by atoms with Gasteiger partial charge in [-0.25, -0.2) is 4.39 Å². The van der Waals surface area contributed by atoms with Gasteiger partial charge in [0.1, 0.15) is 5.82 Å². The molecular formula is C19H29FN2O. The second kappa shape index (κ2) is 7.73. The van der Waals surface area contributed by atoms with Crippen molar-refractivity contribution in [3.63, 3.8) is 0 Å². The van der Waals surface area contributed by atoms with E-state index >= 15 is 0 Å². The van der Waals surface area contributed by atoms with Crippen LogP contribution in [0.15, 0.2) is 18.2 Å². The Morgan fingerprint density at radius 1 is 1.17 bits per heavy atom. The van der Waals surface area contributed by atoms with Crippen LogP contribution in [0.2, 0.25) is 0 Å². The van der Waals surface area contributed by atoms with Gasteiger partial charge in [-0.3, -0.25) is 9.80 Å². The largest absolute Gasteiger partial charge is 0.379 e. The molecule has 2 aliphatic heterocycles. The van der Waals surface area contributed by atoms with Gasteiger partial charge in [0.2, 0.25) is 0 Å². The van der Waals surface area contributed by atoms with E-state index in [9.17, 15) is 4.39 Å². The monoisotopic (exact) mass is 320 g/mol. The molecule has 0 aliphatic carbocycles. The number of piperidine rings is 1. The normalized spacial score (nSPS) is 23.1. The number of halogens is 1. The molecule has 0 radical (unpaired) electrons. The molecule has 1 aromatic carbocycles. The fourth-order valence-corrected chi connectivity index (χ4v) is 3.95. The third-order valence-electron chi connectivity index (χ3n) is 5.63. The molecule has 3 rings (SSSR count). The average molecular weight is 320 g/mol. The number of hydrogen-bond acceptors (Lipinski definition) is 3. The molecule has 0 bridgehead atoms. The van der Waals surface area contributed by atoms with Crippen LogP contribution in [0.25, 0.3) is 0 Å². The van der Waals surface area contributed by atoms with Gasteiger partial charge < -0.3 is 4.74 Å². The molecular weight excluding hydrogens is 291 g/mol. The number of hydrogen-bond donors (Lipinski definition) is 0. The van der Waals surface area contributed by atoms with Gasteiger partial charge in [0.25, 0.3) is 0 Å². The van der Waals surface area contributed by atoms with E-state index in [1.165, 1.54) is 18.4 Å². The van der Waals surface area contributed by atoms with Crippen LogP contribution >= 0.6 is 0 Å². The molecule has 0 N–H and O–H groups in total. The summed E-state index contributed by atoms with van der Waals surface area (Å²) in [4.78, 5) is 5.11. The average Bonchev–Trinajstić information content (AvgIpc) is 2.58. The minimum absolute atomic E-state index is 0.135. The summed E-state index contributed by atoms with van der Waals surface area (Å²) in [7, 11) is 0. The first-order valence-corrected chi connectivity index (χ1v) is 8.92. The predicted octanol–water partition coefficient (Wildman–Crippen LogP) is 3.07. The number of aryl methyl sites for hydroxylation is 1. The maximum atomic E-state index is 13.2. The highest BCUT2D eigenvalue weighted by atomic mass is 19.1. The van der Waals surface area contributed by atoms with Crippen LogP contribution in [-0.2, 0) is 11.3 Å². The second-order valence-electron chi connectivity index (χ2n) is 7.07. The number of ether oxygens (including phenoxy) is 1. The maximum absolute atomic E-state index is 13.2. The Morgan fingerprint density at radius 2 is 1.87 bits per heavy atom. The third-order valence-corrected chi connectivity index (χ3v) is 5.63. The van der Waals surface area contributed by atoms with Crippen molar-refractivity contribution in [2.24, 2.45) is 5.92 Å². The summed E-state index contributed by atoms with van der Waals surface area (Å²) in [5.41, 5.74) is 2.32. The Labute approximate surface area is 139 Å². The van der Waals surface area contributed by atoms with Crippen LogP contribution in [0.1, 0.15) is 30.9 Å². The zero-order chi connectivity index (χ0) is 16.2. The van der Waals surface area contributed by atoms with Gasteiger partial charge in [0.15, 0.2) is 0 Å². The lowest BCUT2D eigenvalue weighted by molar-refractivity contribution is -0.00193. The van der Waals surface area contributed by atoms with Crippen molar-refractivity contribution < 1.29 is 9.13 Å². The van der Waals surface area contributed by atoms with Crippen molar-refractivity contribution in [2.45, 2.75) is 39.3 Å². The first kappa shape index (κ1) is 16.9. The van der Waals surface area contributed by atoms with Crippen LogP contribution in [0.4, 0.5) is 4.39 Å². The van der Waals surface area contributed by atoms with Gasteiger partial charge in [-0.2, -0.15) is 0 Å². The van der Waals surface area contributed by atoms with E-state index in [0.717, 1.165) is 57.4 Å². The first-order chi connectivity index (χ1) is 11.1. The molecule has 3 nitrogen and oxygen atoms in total. The molecule has 0 spiro atoms. The van der Waals surface area contributed by atoms with Crippen LogP contribution in [-0.4, -0.2) is 55.2 Å². The Morgan fingerprint density at radius 3 is 2.52 bits per heavy atom. The third kappa shape index (κ3) is 4.31. The zero-order valence-electron chi connectivity index (χ0n) is 14.4. The number of nitrogens with zero attached hydrogens (tertiary/aromatic N) is 2. The standard InChI is InChI=1S/C19H29FN2O/c1-15-13-19(20)4-3-18(15)14-21-7-5-17(6-8-21)16(2)22-9-11-23-12-10-22/h3-4,13,16-17H,5-12,14H2,1-2H3. The maximum Gasteiger partial charge on any atom is 0.123 e. The summed E-state index contributed by atoms with van der Waals surface area (Å²) in [6.45, 7) is 11.6. The zero-order valence-corrected chi connectivity index (χ0v) is 14.4. The SMILES string of the molecule is Cc1cc(F)ccc1CN1CCC(C(C)N2CCOCC2)CC1. The van der Waals surface area contributed by atoms with Crippen molar-refractivity contribution >= 4 is 0 Å². The van der Waals surface area contributed by atoms with Crippen molar-refractivity contribution in [2.75, 3.05) is 39.4 Å². The van der Waals surface area contributed by atoms with Crippen molar-refractivity contribution in [3.8, 4) is 0 Å². The highest BCUT2D eigenvalue weighted by Crippen LogP contribution is 2.26. The highest BCUT2D eigenvalue weighted by Gasteiger charge is 2.28. The molecule has 128 valence electrons. The lowest BCUT2D eigenvalue weighted by Crippen LogP contribution is -2.48. The fourth-order valence-electron chi connectivity index (χ4n) is 3.95. The molecule has 1 unspecified atom stereocenters. The quantitative estimate of drug-likeness (QED) is 0.848. The van der Waals surface area contributed by atoms with Gasteiger partial charge in [-0.1, -0.05) is 6.07 Å². The summed E-state index contributed by atoms with van der Waals surface area (Å²) >= 11 is 0. The number of likely N-dealkylation sites (tertiary alicyclic amines) is 1. The lowest BCUT2D eigenvalue weighted by atomic mass is 9.89. The summed E-state index contributed by atoms with van der Waals surface area (Å²) in [6, 6.07) is 5.82. The van der Waals surface area contributed by atoms with E-state index in [1.54, 1.807) is 12.1 Å². The van der Waals surface area contributed by atoms with Gasteiger partial charge in [-0.15, -0.1) is 0 Å². The van der Waals surface area contributed by atoms with Crippen LogP contribution < -0.4 is 0 Å². The number of benzene rings is 1. The van der Waals surface area contributed by atoms with Gasteiger partial charge in [0.05, 0.1) is 13.2 Å². The molecule has 2 heterocycles. The molecule has 2 aliphatic rings. The van der Waals surface area contributed by atoms with Crippen LogP contribution in [0, 0.1) is 18.7 Å². The Kier molecular flexibility index (Phi) is 5.67. The fraction of sp³-hybridized carbons (Fsp3) is 0.684. The van der Waals surface area contributed by atoms with Crippen molar-refractivity contribution in [3.05, 3.63) is 35.1 Å². The minimum Gasteiger partial charge on any atom is -0.379 e. The first-order valence-electron chi connectivity index (χ1n) is 8.92. The van der Waals surface area contributed by atoms with Gasteiger partial charge in [0, 0.05) is 25.7 Å². The van der Waals surface area contributed by atoms with E-state index in [-0.39, 0.29) is 5.82 Å². The number of rotatable bonds is 4. The predicted molar refractivity (Wildman–Crippen MR) is 91.0 cm³/mol. The lowest BCUT2D eigenvalue weighted by Gasteiger charge is -2.41. The van der Waals surface area contributed by atoms with E-state index in [4.69, 9.17) is 4.74 Å². The summed E-state index contributed by atoms with van der Waals surface area (Å²) < 4.78 is 18.7. The van der Waals surface area contributed by atoms with E-state index in [2.05, 4.69) is 16.7 Å². The molecule has 4 heteroatoms. The van der Waals surface area contributed by atoms with Gasteiger partial charge >= 0.3 is 0 Å². The number of morpholine rings is 1. The topological polar surface area (TPSA) is 15.7 Å². The molecule has 2 fully saturated rings. The van der Waals surface area contributed by atoms with Gasteiger partial charge in [-0.05, 0) is 69.0 Å². The molecule has 0 saturated carbocycles. The highest BCUT2D eigenvalue weighted by molar-refractivity contribution is 5.26. The van der Waals surface area contributed by atoms with E-state index < -0.39 is 0 Å². The van der Waals surface area contributed by atoms with Crippen LogP contribution in [0.3, 0.4) is 0 Å². The second-order valence-corrected chi connectivity index (χ2v) is 7.07. The molecule has 23 heavy (non-hydrogen) atoms. The summed E-state index contributed by atoms with van der Waals surface area (Å²) in [6.07, 6.45) is 2.53. The van der Waals surface area contributed by atoms with E-state index in [1.807, 2.05) is 13.0 Å². The van der Waals surface area contributed by atoms with Crippen molar-refractivity contribution in [1.82, 2.24) is 9.80 Å². The molecule has 1 atom stereocenters. The Hall–Kier alpha value is -0.970.